The van der Waals surface area contributed by atoms with Crippen LogP contribution in [0.5, 0.6) is 0 Å². The van der Waals surface area contributed by atoms with Crippen molar-refractivity contribution in [2.75, 3.05) is 18.1 Å². The molecule has 1 rings (SSSR count). The summed E-state index contributed by atoms with van der Waals surface area (Å²) in [5.41, 5.74) is 0.787. The molecule has 1 aromatic carbocycles. The molecule has 19 heavy (non-hydrogen) atoms. The quantitative estimate of drug-likeness (QED) is 0.634. The van der Waals surface area contributed by atoms with Crippen molar-refractivity contribution in [3.05, 3.63) is 29.8 Å². The topological polar surface area (TPSA) is 29.1 Å². The van der Waals surface area contributed by atoms with Crippen LogP contribution in [-0.4, -0.2) is 28.7 Å². The highest BCUT2D eigenvalue weighted by Crippen LogP contribution is 2.23. The Kier molecular flexibility index (Phi) is 6.80. The van der Waals surface area contributed by atoms with Gasteiger partial charge < -0.3 is 5.32 Å². The Balaban J connectivity index is 2.49. The van der Waals surface area contributed by atoms with Crippen molar-refractivity contribution in [2.45, 2.75) is 37.3 Å². The summed E-state index contributed by atoms with van der Waals surface area (Å²) in [6.07, 6.45) is 0. The fraction of sp³-hybridized carbons (Fsp3) is 0.533. The fourth-order valence-corrected chi connectivity index (χ4v) is 3.17. The monoisotopic (exact) mass is 297 g/mol. The van der Waals surface area contributed by atoms with E-state index >= 15 is 0 Å². The van der Waals surface area contributed by atoms with Crippen LogP contribution < -0.4 is 5.32 Å². The minimum absolute atomic E-state index is 0.0334. The summed E-state index contributed by atoms with van der Waals surface area (Å²) < 4.78 is 0.251. The first-order chi connectivity index (χ1) is 8.94. The number of rotatable bonds is 6. The van der Waals surface area contributed by atoms with Crippen molar-refractivity contribution in [3.8, 4) is 0 Å². The number of hydrogen-bond acceptors (Lipinski definition) is 3. The molecule has 0 heterocycles. The summed E-state index contributed by atoms with van der Waals surface area (Å²) in [5, 5.41) is 3.00. The largest absolute Gasteiger partial charge is 0.351 e. The number of thioether (sulfide) groups is 2. The van der Waals surface area contributed by atoms with E-state index < -0.39 is 0 Å². The molecule has 4 heteroatoms. The normalized spacial score (nSPS) is 11.4. The van der Waals surface area contributed by atoms with Crippen LogP contribution in [0.4, 0.5) is 0 Å². The third-order valence-corrected chi connectivity index (χ3v) is 4.58. The third kappa shape index (κ3) is 6.39. The number of carbonyl (C=O) groups is 1. The molecule has 0 aliphatic heterocycles. The molecule has 0 radical (unpaired) electrons. The molecule has 0 aromatic heterocycles. The number of amides is 1. The molecule has 0 bridgehead atoms. The van der Waals surface area contributed by atoms with Gasteiger partial charge in [-0.15, -0.1) is 11.8 Å². The van der Waals surface area contributed by atoms with Crippen molar-refractivity contribution in [1.82, 2.24) is 5.32 Å². The van der Waals surface area contributed by atoms with Crippen LogP contribution in [0.25, 0.3) is 0 Å². The van der Waals surface area contributed by atoms with E-state index in [9.17, 15) is 4.79 Å². The molecule has 0 atom stereocenters. The van der Waals surface area contributed by atoms with Crippen molar-refractivity contribution < 1.29 is 4.79 Å². The first-order valence-corrected chi connectivity index (χ1v) is 8.55. The molecule has 0 spiro atoms. The van der Waals surface area contributed by atoms with Crippen LogP contribution in [0.2, 0.25) is 0 Å². The Morgan fingerprint density at radius 3 is 2.58 bits per heavy atom. The van der Waals surface area contributed by atoms with E-state index in [1.165, 1.54) is 0 Å². The standard InChI is InChI=1S/C15H23NOS2/c1-5-18-13-9-7-6-8-12(13)14(17)16-10-11-19-15(2,3)4/h6-9H,5,10-11H2,1-4H3,(H,16,17). The zero-order valence-corrected chi connectivity index (χ0v) is 13.8. The van der Waals surface area contributed by atoms with Gasteiger partial charge in [-0.2, -0.15) is 11.8 Å². The maximum absolute atomic E-state index is 12.1. The zero-order valence-electron chi connectivity index (χ0n) is 12.2. The second kappa shape index (κ2) is 7.85. The second-order valence-corrected chi connectivity index (χ2v) is 8.37. The van der Waals surface area contributed by atoms with Crippen molar-refractivity contribution >= 4 is 29.4 Å². The molecule has 0 saturated heterocycles. The molecule has 106 valence electrons. The number of nitrogens with one attached hydrogen (secondary N) is 1. The average molecular weight is 297 g/mol. The molecule has 0 aliphatic carbocycles. The van der Waals surface area contributed by atoms with Gasteiger partial charge in [0.2, 0.25) is 0 Å². The molecule has 0 fully saturated rings. The van der Waals surface area contributed by atoms with Crippen LogP contribution >= 0.6 is 23.5 Å². The van der Waals surface area contributed by atoms with Gasteiger partial charge in [0, 0.05) is 21.9 Å². The average Bonchev–Trinajstić information content (AvgIpc) is 2.34. The van der Waals surface area contributed by atoms with Gasteiger partial charge in [-0.1, -0.05) is 39.8 Å². The van der Waals surface area contributed by atoms with Crippen LogP contribution in [-0.2, 0) is 0 Å². The Bertz CT molecular complexity index is 413. The van der Waals surface area contributed by atoms with Crippen LogP contribution in [0.3, 0.4) is 0 Å². The maximum Gasteiger partial charge on any atom is 0.252 e. The summed E-state index contributed by atoms with van der Waals surface area (Å²) in [6, 6.07) is 7.79. The summed E-state index contributed by atoms with van der Waals surface area (Å²) in [4.78, 5) is 13.2. The van der Waals surface area contributed by atoms with Crippen molar-refractivity contribution in [3.63, 3.8) is 0 Å². The van der Waals surface area contributed by atoms with Crippen molar-refractivity contribution in [1.29, 1.82) is 0 Å². The molecule has 0 aliphatic rings. The highest BCUT2D eigenvalue weighted by atomic mass is 32.2. The van der Waals surface area contributed by atoms with E-state index in [4.69, 9.17) is 0 Å². The lowest BCUT2D eigenvalue weighted by Gasteiger charge is -2.17. The summed E-state index contributed by atoms with van der Waals surface area (Å²) in [6.45, 7) is 9.37. The first kappa shape index (κ1) is 16.4. The lowest BCUT2D eigenvalue weighted by molar-refractivity contribution is 0.0953. The SMILES string of the molecule is CCSc1ccccc1C(=O)NCCSC(C)(C)C. The fourth-order valence-electron chi connectivity index (χ4n) is 1.55. The van der Waals surface area contributed by atoms with E-state index in [-0.39, 0.29) is 10.7 Å². The maximum atomic E-state index is 12.1. The van der Waals surface area contributed by atoms with E-state index in [1.807, 2.05) is 36.0 Å². The predicted molar refractivity (Wildman–Crippen MR) is 87.4 cm³/mol. The van der Waals surface area contributed by atoms with Gasteiger partial charge in [0.25, 0.3) is 5.91 Å². The molecule has 2 nitrogen and oxygen atoms in total. The summed E-state index contributed by atoms with van der Waals surface area (Å²) >= 11 is 3.57. The minimum atomic E-state index is 0.0334. The Morgan fingerprint density at radius 2 is 1.95 bits per heavy atom. The number of hydrogen-bond donors (Lipinski definition) is 1. The van der Waals surface area contributed by atoms with Gasteiger partial charge in [-0.3, -0.25) is 4.79 Å². The van der Waals surface area contributed by atoms with Crippen molar-refractivity contribution in [2.24, 2.45) is 0 Å². The Morgan fingerprint density at radius 1 is 1.26 bits per heavy atom. The summed E-state index contributed by atoms with van der Waals surface area (Å²) in [7, 11) is 0. The van der Waals surface area contributed by atoms with E-state index in [1.54, 1.807) is 11.8 Å². The molecular formula is C15H23NOS2. The van der Waals surface area contributed by atoms with Gasteiger partial charge in [0.1, 0.15) is 0 Å². The van der Waals surface area contributed by atoms with E-state index in [2.05, 4.69) is 33.0 Å². The van der Waals surface area contributed by atoms with Gasteiger partial charge in [0.05, 0.1) is 5.56 Å². The Labute approximate surface area is 125 Å². The highest BCUT2D eigenvalue weighted by Gasteiger charge is 2.12. The molecule has 0 saturated carbocycles. The lowest BCUT2D eigenvalue weighted by Crippen LogP contribution is -2.27. The predicted octanol–water partition coefficient (Wildman–Crippen LogP) is 4.06. The summed E-state index contributed by atoms with van der Waals surface area (Å²) in [5.74, 6) is 1.95. The third-order valence-electron chi connectivity index (χ3n) is 2.35. The van der Waals surface area contributed by atoms with Gasteiger partial charge in [-0.25, -0.2) is 0 Å². The first-order valence-electron chi connectivity index (χ1n) is 6.58. The molecular weight excluding hydrogens is 274 g/mol. The van der Waals surface area contributed by atoms with Gasteiger partial charge in [-0.05, 0) is 17.9 Å². The van der Waals surface area contributed by atoms with Crippen LogP contribution in [0.1, 0.15) is 38.1 Å². The second-order valence-electron chi connectivity index (χ2n) is 5.15. The van der Waals surface area contributed by atoms with E-state index in [0.717, 1.165) is 22.0 Å². The number of benzene rings is 1. The molecule has 1 aromatic rings. The Hall–Kier alpha value is -0.610. The van der Waals surface area contributed by atoms with Gasteiger partial charge >= 0.3 is 0 Å². The zero-order chi connectivity index (χ0) is 14.3. The molecule has 1 amide bonds. The smallest absolute Gasteiger partial charge is 0.252 e. The lowest BCUT2D eigenvalue weighted by atomic mass is 10.2. The van der Waals surface area contributed by atoms with Crippen LogP contribution in [0, 0.1) is 0 Å². The van der Waals surface area contributed by atoms with E-state index in [0.29, 0.717) is 6.54 Å². The van der Waals surface area contributed by atoms with Crippen LogP contribution in [0.15, 0.2) is 29.2 Å². The molecule has 0 unspecified atom stereocenters. The highest BCUT2D eigenvalue weighted by molar-refractivity contribution is 8.00. The minimum Gasteiger partial charge on any atom is -0.351 e. The molecule has 1 N–H and O–H groups in total. The number of carbonyl (C=O) groups excluding carboxylic acids is 1. The van der Waals surface area contributed by atoms with Gasteiger partial charge in [0.15, 0.2) is 0 Å².